The Kier molecular flexibility index (Phi) is 7.30. The van der Waals surface area contributed by atoms with Gasteiger partial charge in [-0.3, -0.25) is 4.79 Å². The number of rotatable bonds is 8. The van der Waals surface area contributed by atoms with Crippen molar-refractivity contribution in [2.24, 2.45) is 0 Å². The lowest BCUT2D eigenvalue weighted by atomic mass is 10.0. The van der Waals surface area contributed by atoms with Crippen LogP contribution in [0.1, 0.15) is 20.3 Å². The molecule has 0 aromatic heterocycles. The number of nitrogens with zero attached hydrogens (tertiary/aromatic N) is 1. The standard InChI is InChI=1S/C11H22N2O5/c1-4-18-6-5-13(3)10(16)12-8-11(2,17)7-9(14)15/h17H,4-8H2,1-3H3,(H,12,16)(H,14,15). The van der Waals surface area contributed by atoms with Crippen LogP contribution in [0.15, 0.2) is 0 Å². The topological polar surface area (TPSA) is 99.1 Å². The Balaban J connectivity index is 3.97. The zero-order valence-corrected chi connectivity index (χ0v) is 11.1. The molecular weight excluding hydrogens is 240 g/mol. The van der Waals surface area contributed by atoms with E-state index in [1.807, 2.05) is 6.92 Å². The van der Waals surface area contributed by atoms with Crippen molar-refractivity contribution in [1.29, 1.82) is 0 Å². The summed E-state index contributed by atoms with van der Waals surface area (Å²) in [6.45, 7) is 4.57. The van der Waals surface area contributed by atoms with Crippen LogP contribution in [0.2, 0.25) is 0 Å². The zero-order chi connectivity index (χ0) is 14.2. The number of aliphatic hydroxyl groups is 1. The van der Waals surface area contributed by atoms with Crippen molar-refractivity contribution in [2.45, 2.75) is 25.9 Å². The van der Waals surface area contributed by atoms with Gasteiger partial charge in [-0.1, -0.05) is 0 Å². The molecule has 0 bridgehead atoms. The maximum absolute atomic E-state index is 11.6. The van der Waals surface area contributed by atoms with Crippen molar-refractivity contribution in [3.63, 3.8) is 0 Å². The lowest BCUT2D eigenvalue weighted by molar-refractivity contribution is -0.141. The van der Waals surface area contributed by atoms with E-state index in [0.29, 0.717) is 19.8 Å². The van der Waals surface area contributed by atoms with Gasteiger partial charge in [-0.25, -0.2) is 4.79 Å². The molecule has 3 N–H and O–H groups in total. The molecule has 0 aromatic rings. The van der Waals surface area contributed by atoms with E-state index in [0.717, 1.165) is 0 Å². The predicted octanol–water partition coefficient (Wildman–Crippen LogP) is -0.110. The first-order valence-corrected chi connectivity index (χ1v) is 5.79. The summed E-state index contributed by atoms with van der Waals surface area (Å²) >= 11 is 0. The number of nitrogens with one attached hydrogen (secondary N) is 1. The first-order chi connectivity index (χ1) is 8.28. The maximum Gasteiger partial charge on any atom is 0.317 e. The molecule has 0 aliphatic rings. The number of amides is 2. The van der Waals surface area contributed by atoms with Gasteiger partial charge in [0.2, 0.25) is 0 Å². The fourth-order valence-corrected chi connectivity index (χ4v) is 1.24. The van der Waals surface area contributed by atoms with E-state index in [1.165, 1.54) is 11.8 Å². The highest BCUT2D eigenvalue weighted by Gasteiger charge is 2.25. The van der Waals surface area contributed by atoms with Crippen molar-refractivity contribution in [3.05, 3.63) is 0 Å². The van der Waals surface area contributed by atoms with Crippen molar-refractivity contribution in [3.8, 4) is 0 Å². The summed E-state index contributed by atoms with van der Waals surface area (Å²) in [6, 6.07) is -0.375. The Morgan fingerprint density at radius 2 is 2.06 bits per heavy atom. The van der Waals surface area contributed by atoms with Gasteiger partial charge in [0.05, 0.1) is 18.6 Å². The second-order valence-corrected chi connectivity index (χ2v) is 4.34. The fourth-order valence-electron chi connectivity index (χ4n) is 1.24. The van der Waals surface area contributed by atoms with E-state index in [9.17, 15) is 14.7 Å². The molecule has 0 rings (SSSR count). The van der Waals surface area contributed by atoms with Gasteiger partial charge in [0.25, 0.3) is 0 Å². The van der Waals surface area contributed by atoms with Gasteiger partial charge in [-0.15, -0.1) is 0 Å². The van der Waals surface area contributed by atoms with Crippen LogP contribution in [0.25, 0.3) is 0 Å². The second kappa shape index (κ2) is 7.88. The van der Waals surface area contributed by atoms with E-state index in [2.05, 4.69) is 5.32 Å². The number of likely N-dealkylation sites (N-methyl/N-ethyl adjacent to an activating group) is 1. The molecular formula is C11H22N2O5. The highest BCUT2D eigenvalue weighted by atomic mass is 16.5. The first-order valence-electron chi connectivity index (χ1n) is 5.79. The summed E-state index contributed by atoms with van der Waals surface area (Å²) in [4.78, 5) is 23.4. The number of ether oxygens (including phenoxy) is 1. The Labute approximate surface area is 107 Å². The molecule has 0 saturated carbocycles. The molecule has 0 fully saturated rings. The highest BCUT2D eigenvalue weighted by molar-refractivity contribution is 5.74. The van der Waals surface area contributed by atoms with Crippen LogP contribution < -0.4 is 5.32 Å². The van der Waals surface area contributed by atoms with Gasteiger partial charge >= 0.3 is 12.0 Å². The number of carboxylic acid groups (broad SMARTS) is 1. The molecule has 0 aliphatic carbocycles. The molecule has 1 atom stereocenters. The normalized spacial score (nSPS) is 13.8. The van der Waals surface area contributed by atoms with Gasteiger partial charge in [0.1, 0.15) is 0 Å². The summed E-state index contributed by atoms with van der Waals surface area (Å²) in [5.74, 6) is -1.11. The molecule has 0 aromatic carbocycles. The van der Waals surface area contributed by atoms with Crippen LogP contribution in [0, 0.1) is 0 Å². The second-order valence-electron chi connectivity index (χ2n) is 4.34. The molecule has 0 spiro atoms. The summed E-state index contributed by atoms with van der Waals surface area (Å²) in [7, 11) is 1.60. The SMILES string of the molecule is CCOCCN(C)C(=O)NCC(C)(O)CC(=O)O. The summed E-state index contributed by atoms with van der Waals surface area (Å²) in [5.41, 5.74) is -1.46. The number of carbonyl (C=O) groups is 2. The van der Waals surface area contributed by atoms with Crippen LogP contribution in [-0.2, 0) is 9.53 Å². The first kappa shape index (κ1) is 16.7. The smallest absolute Gasteiger partial charge is 0.317 e. The van der Waals surface area contributed by atoms with Crippen LogP contribution in [-0.4, -0.2) is 66.1 Å². The van der Waals surface area contributed by atoms with Crippen molar-refractivity contribution < 1.29 is 24.5 Å². The van der Waals surface area contributed by atoms with Crippen LogP contribution in [0.5, 0.6) is 0 Å². The molecule has 18 heavy (non-hydrogen) atoms. The van der Waals surface area contributed by atoms with Crippen LogP contribution >= 0.6 is 0 Å². The van der Waals surface area contributed by atoms with E-state index in [-0.39, 0.29) is 12.6 Å². The molecule has 2 amide bonds. The monoisotopic (exact) mass is 262 g/mol. The van der Waals surface area contributed by atoms with E-state index < -0.39 is 18.0 Å². The van der Waals surface area contributed by atoms with Gasteiger partial charge < -0.3 is 25.2 Å². The number of hydrogen-bond donors (Lipinski definition) is 3. The summed E-state index contributed by atoms with van der Waals surface area (Å²) in [5, 5.41) is 20.7. The van der Waals surface area contributed by atoms with Gasteiger partial charge in [-0.05, 0) is 13.8 Å². The Hall–Kier alpha value is -1.34. The minimum absolute atomic E-state index is 0.114. The van der Waals surface area contributed by atoms with Crippen molar-refractivity contribution in [1.82, 2.24) is 10.2 Å². The maximum atomic E-state index is 11.6. The summed E-state index contributed by atoms with van der Waals surface area (Å²) in [6.07, 6.45) is -0.421. The number of carboxylic acids is 1. The third-order valence-electron chi connectivity index (χ3n) is 2.27. The molecule has 7 nitrogen and oxygen atoms in total. The third kappa shape index (κ3) is 7.86. The van der Waals surface area contributed by atoms with E-state index >= 15 is 0 Å². The molecule has 7 heteroatoms. The number of aliphatic carboxylic acids is 1. The number of hydrogen-bond acceptors (Lipinski definition) is 4. The summed E-state index contributed by atoms with van der Waals surface area (Å²) < 4.78 is 5.10. The molecule has 1 unspecified atom stereocenters. The third-order valence-corrected chi connectivity index (χ3v) is 2.27. The number of carbonyl (C=O) groups excluding carboxylic acids is 1. The van der Waals surface area contributed by atoms with Crippen molar-refractivity contribution in [2.75, 3.05) is 33.4 Å². The van der Waals surface area contributed by atoms with E-state index in [1.54, 1.807) is 7.05 Å². The quantitative estimate of drug-likeness (QED) is 0.530. The lowest BCUT2D eigenvalue weighted by Crippen LogP contribution is -2.47. The molecule has 0 saturated heterocycles. The Morgan fingerprint density at radius 3 is 2.56 bits per heavy atom. The van der Waals surface area contributed by atoms with E-state index in [4.69, 9.17) is 9.84 Å². The molecule has 106 valence electrons. The van der Waals surface area contributed by atoms with Crippen LogP contribution in [0.4, 0.5) is 4.79 Å². The zero-order valence-electron chi connectivity index (χ0n) is 11.1. The van der Waals surface area contributed by atoms with Gasteiger partial charge in [-0.2, -0.15) is 0 Å². The molecule has 0 radical (unpaired) electrons. The highest BCUT2D eigenvalue weighted by Crippen LogP contribution is 2.07. The minimum atomic E-state index is -1.46. The molecule has 0 heterocycles. The molecule has 0 aliphatic heterocycles. The van der Waals surface area contributed by atoms with Gasteiger partial charge in [0, 0.05) is 26.7 Å². The van der Waals surface area contributed by atoms with Crippen molar-refractivity contribution >= 4 is 12.0 Å². The fraction of sp³-hybridized carbons (Fsp3) is 0.818. The largest absolute Gasteiger partial charge is 0.481 e. The lowest BCUT2D eigenvalue weighted by Gasteiger charge is -2.24. The number of urea groups is 1. The van der Waals surface area contributed by atoms with Gasteiger partial charge in [0.15, 0.2) is 0 Å². The Bertz CT molecular complexity index is 281. The van der Waals surface area contributed by atoms with Crippen LogP contribution in [0.3, 0.4) is 0 Å². The Morgan fingerprint density at radius 1 is 1.44 bits per heavy atom. The minimum Gasteiger partial charge on any atom is -0.481 e. The predicted molar refractivity (Wildman–Crippen MR) is 65.4 cm³/mol. The average Bonchev–Trinajstić information content (AvgIpc) is 2.24. The average molecular weight is 262 g/mol.